The van der Waals surface area contributed by atoms with Crippen LogP contribution >= 0.6 is 11.3 Å². The fourth-order valence-corrected chi connectivity index (χ4v) is 2.26. The summed E-state index contributed by atoms with van der Waals surface area (Å²) in [5, 5.41) is 2.79. The molecule has 4 nitrogen and oxygen atoms in total. The Kier molecular flexibility index (Phi) is 3.61. The molecule has 0 bridgehead atoms. The maximum Gasteiger partial charge on any atom is 0.169 e. The first-order valence-corrected chi connectivity index (χ1v) is 6.16. The SMILES string of the molecule is Cc1csc(CC(=O)c2ccnc(CN)c2)n1. The van der Waals surface area contributed by atoms with Crippen LogP contribution in [0.2, 0.25) is 0 Å². The first-order chi connectivity index (χ1) is 8.19. The number of nitrogens with two attached hydrogens (primary N) is 1. The normalized spacial score (nSPS) is 10.5. The van der Waals surface area contributed by atoms with Gasteiger partial charge in [0.15, 0.2) is 5.78 Å². The Bertz CT molecular complexity index is 536. The van der Waals surface area contributed by atoms with E-state index in [0.717, 1.165) is 16.4 Å². The number of hydrogen-bond acceptors (Lipinski definition) is 5. The molecule has 0 aliphatic rings. The van der Waals surface area contributed by atoms with Crippen LogP contribution in [0.25, 0.3) is 0 Å². The summed E-state index contributed by atoms with van der Waals surface area (Å²) in [4.78, 5) is 20.3. The third-order valence-electron chi connectivity index (χ3n) is 2.33. The molecule has 5 heteroatoms. The monoisotopic (exact) mass is 247 g/mol. The third-order valence-corrected chi connectivity index (χ3v) is 3.29. The molecule has 0 spiro atoms. The fraction of sp³-hybridized carbons (Fsp3) is 0.250. The highest BCUT2D eigenvalue weighted by Gasteiger charge is 2.10. The predicted molar refractivity (Wildman–Crippen MR) is 67.0 cm³/mol. The van der Waals surface area contributed by atoms with Crippen molar-refractivity contribution >= 4 is 17.1 Å². The molecule has 2 aromatic heterocycles. The van der Waals surface area contributed by atoms with Crippen LogP contribution in [0.5, 0.6) is 0 Å². The summed E-state index contributed by atoms with van der Waals surface area (Å²) in [5.74, 6) is 0.0523. The number of nitrogens with zero attached hydrogens (tertiary/aromatic N) is 2. The van der Waals surface area contributed by atoms with Crippen LogP contribution in [0.4, 0.5) is 0 Å². The van der Waals surface area contributed by atoms with Gasteiger partial charge in [-0.3, -0.25) is 9.78 Å². The number of rotatable bonds is 4. The largest absolute Gasteiger partial charge is 0.325 e. The van der Waals surface area contributed by atoms with E-state index in [9.17, 15) is 4.79 Å². The molecule has 2 rings (SSSR count). The zero-order chi connectivity index (χ0) is 12.3. The fourth-order valence-electron chi connectivity index (χ4n) is 1.49. The lowest BCUT2D eigenvalue weighted by atomic mass is 10.1. The quantitative estimate of drug-likeness (QED) is 0.835. The smallest absolute Gasteiger partial charge is 0.169 e. The molecule has 0 radical (unpaired) electrons. The average Bonchev–Trinajstić information content (AvgIpc) is 2.75. The third kappa shape index (κ3) is 2.95. The Morgan fingerprint density at radius 1 is 1.53 bits per heavy atom. The number of aromatic nitrogens is 2. The molecule has 0 aliphatic heterocycles. The van der Waals surface area contributed by atoms with Gasteiger partial charge in [0.05, 0.1) is 12.1 Å². The molecule has 0 unspecified atom stereocenters. The minimum absolute atomic E-state index is 0.0523. The van der Waals surface area contributed by atoms with Crippen molar-refractivity contribution in [1.29, 1.82) is 0 Å². The lowest BCUT2D eigenvalue weighted by molar-refractivity contribution is 0.0992. The standard InChI is InChI=1S/C12H13N3OS/c1-8-7-17-12(15-8)5-11(16)9-2-3-14-10(4-9)6-13/h2-4,7H,5-6,13H2,1H3. The van der Waals surface area contributed by atoms with E-state index in [1.165, 1.54) is 11.3 Å². The number of hydrogen-bond donors (Lipinski definition) is 1. The van der Waals surface area contributed by atoms with Gasteiger partial charge in [-0.2, -0.15) is 0 Å². The Balaban J connectivity index is 2.14. The van der Waals surface area contributed by atoms with Gasteiger partial charge in [-0.1, -0.05) is 0 Å². The van der Waals surface area contributed by atoms with E-state index in [2.05, 4.69) is 9.97 Å². The number of Topliss-reactive ketones (excluding diaryl/α,β-unsaturated/α-hetero) is 1. The summed E-state index contributed by atoms with van der Waals surface area (Å²) in [6.45, 7) is 2.26. The van der Waals surface area contributed by atoms with E-state index in [1.54, 1.807) is 18.3 Å². The molecule has 2 heterocycles. The molecular formula is C12H13N3OS. The van der Waals surface area contributed by atoms with E-state index < -0.39 is 0 Å². The van der Waals surface area contributed by atoms with Gasteiger partial charge < -0.3 is 5.73 Å². The van der Waals surface area contributed by atoms with Crippen LogP contribution in [0.3, 0.4) is 0 Å². The molecule has 0 saturated heterocycles. The van der Waals surface area contributed by atoms with Crippen molar-refractivity contribution in [3.8, 4) is 0 Å². The summed E-state index contributed by atoms with van der Waals surface area (Å²) in [6, 6.07) is 3.45. The Labute approximate surface area is 104 Å². The van der Waals surface area contributed by atoms with Crippen molar-refractivity contribution in [2.45, 2.75) is 19.9 Å². The molecule has 0 saturated carbocycles. The van der Waals surface area contributed by atoms with Crippen LogP contribution in [-0.2, 0) is 13.0 Å². The highest BCUT2D eigenvalue weighted by atomic mass is 32.1. The van der Waals surface area contributed by atoms with Crippen LogP contribution in [-0.4, -0.2) is 15.8 Å². The average molecular weight is 247 g/mol. The van der Waals surface area contributed by atoms with Crippen LogP contribution in [0, 0.1) is 6.92 Å². The van der Waals surface area contributed by atoms with Gasteiger partial charge in [-0.15, -0.1) is 11.3 Å². The maximum absolute atomic E-state index is 12.0. The van der Waals surface area contributed by atoms with Gasteiger partial charge >= 0.3 is 0 Å². The number of ketones is 1. The van der Waals surface area contributed by atoms with E-state index in [4.69, 9.17) is 5.73 Å². The number of carbonyl (C=O) groups is 1. The predicted octanol–water partition coefficient (Wildman–Crippen LogP) is 1.73. The molecular weight excluding hydrogens is 234 g/mol. The second-order valence-electron chi connectivity index (χ2n) is 3.72. The highest BCUT2D eigenvalue weighted by Crippen LogP contribution is 2.12. The topological polar surface area (TPSA) is 68.9 Å². The van der Waals surface area contributed by atoms with E-state index in [0.29, 0.717) is 18.5 Å². The number of thiazole rings is 1. The van der Waals surface area contributed by atoms with E-state index in [-0.39, 0.29) is 5.78 Å². The summed E-state index contributed by atoms with van der Waals surface area (Å²) in [5.41, 5.74) is 7.82. The second kappa shape index (κ2) is 5.16. The van der Waals surface area contributed by atoms with Gasteiger partial charge in [0.2, 0.25) is 0 Å². The van der Waals surface area contributed by atoms with Crippen molar-refractivity contribution in [3.05, 3.63) is 45.7 Å². The molecule has 2 N–H and O–H groups in total. The molecule has 0 atom stereocenters. The summed E-state index contributed by atoms with van der Waals surface area (Å²) in [6.07, 6.45) is 1.95. The summed E-state index contributed by atoms with van der Waals surface area (Å²) < 4.78 is 0. The molecule has 0 amide bonds. The molecule has 0 fully saturated rings. The minimum Gasteiger partial charge on any atom is -0.325 e. The Morgan fingerprint density at radius 3 is 3.00 bits per heavy atom. The number of aryl methyl sites for hydroxylation is 1. The van der Waals surface area contributed by atoms with Crippen molar-refractivity contribution in [3.63, 3.8) is 0 Å². The molecule has 0 aliphatic carbocycles. The Hall–Kier alpha value is -1.59. The van der Waals surface area contributed by atoms with Gasteiger partial charge in [-0.05, 0) is 19.1 Å². The Morgan fingerprint density at radius 2 is 2.35 bits per heavy atom. The minimum atomic E-state index is 0.0523. The first-order valence-electron chi connectivity index (χ1n) is 5.28. The van der Waals surface area contributed by atoms with Gasteiger partial charge in [-0.25, -0.2) is 4.98 Å². The van der Waals surface area contributed by atoms with Crippen molar-refractivity contribution < 1.29 is 4.79 Å². The number of carbonyl (C=O) groups excluding carboxylic acids is 1. The van der Waals surface area contributed by atoms with Crippen LogP contribution < -0.4 is 5.73 Å². The first kappa shape index (κ1) is 11.9. The highest BCUT2D eigenvalue weighted by molar-refractivity contribution is 7.09. The molecule has 88 valence electrons. The van der Waals surface area contributed by atoms with Crippen molar-refractivity contribution in [2.24, 2.45) is 5.73 Å². The molecule has 0 aromatic carbocycles. The van der Waals surface area contributed by atoms with Crippen molar-refractivity contribution in [1.82, 2.24) is 9.97 Å². The van der Waals surface area contributed by atoms with Gasteiger partial charge in [0, 0.05) is 29.4 Å². The van der Waals surface area contributed by atoms with E-state index in [1.807, 2.05) is 12.3 Å². The zero-order valence-corrected chi connectivity index (χ0v) is 10.3. The lowest BCUT2D eigenvalue weighted by Crippen LogP contribution is -2.06. The van der Waals surface area contributed by atoms with Crippen LogP contribution in [0.15, 0.2) is 23.7 Å². The summed E-state index contributed by atoms with van der Waals surface area (Å²) >= 11 is 1.51. The second-order valence-corrected chi connectivity index (χ2v) is 4.67. The molecule has 17 heavy (non-hydrogen) atoms. The van der Waals surface area contributed by atoms with E-state index >= 15 is 0 Å². The van der Waals surface area contributed by atoms with Crippen molar-refractivity contribution in [2.75, 3.05) is 0 Å². The van der Waals surface area contributed by atoms with Gasteiger partial charge in [0.1, 0.15) is 5.01 Å². The maximum atomic E-state index is 12.0. The number of pyridine rings is 1. The van der Waals surface area contributed by atoms with Gasteiger partial charge in [0.25, 0.3) is 0 Å². The summed E-state index contributed by atoms with van der Waals surface area (Å²) in [7, 11) is 0. The molecule has 2 aromatic rings. The zero-order valence-electron chi connectivity index (χ0n) is 9.51. The lowest BCUT2D eigenvalue weighted by Gasteiger charge is -2.00. The van der Waals surface area contributed by atoms with Crippen LogP contribution in [0.1, 0.15) is 26.8 Å².